The Morgan fingerprint density at radius 2 is 2.05 bits per heavy atom. The van der Waals surface area contributed by atoms with Gasteiger partial charge in [0.05, 0.1) is 22.1 Å². The standard InChI is InChI=1S/C15H19BrClN3/c1-9(2)18-8-12-7-13(16)5-6-14(12)20-11(4)15(17)10(3)19-20/h5-7,9,18H,8H2,1-4H3. The lowest BCUT2D eigenvalue weighted by Gasteiger charge is -2.14. The van der Waals surface area contributed by atoms with Crippen LogP contribution in [0, 0.1) is 13.8 Å². The SMILES string of the molecule is Cc1nn(-c2ccc(Br)cc2CNC(C)C)c(C)c1Cl. The maximum absolute atomic E-state index is 6.25. The minimum absolute atomic E-state index is 0.436. The summed E-state index contributed by atoms with van der Waals surface area (Å²) >= 11 is 9.78. The molecule has 3 nitrogen and oxygen atoms in total. The molecule has 0 saturated heterocycles. The molecule has 0 radical (unpaired) electrons. The predicted molar refractivity (Wildman–Crippen MR) is 87.7 cm³/mol. The molecule has 1 N–H and O–H groups in total. The van der Waals surface area contributed by atoms with E-state index < -0.39 is 0 Å². The molecule has 1 aromatic carbocycles. The van der Waals surface area contributed by atoms with Crippen LogP contribution in [-0.2, 0) is 6.54 Å². The molecule has 0 fully saturated rings. The normalized spacial score (nSPS) is 11.3. The van der Waals surface area contributed by atoms with Gasteiger partial charge < -0.3 is 5.32 Å². The summed E-state index contributed by atoms with van der Waals surface area (Å²) in [6.07, 6.45) is 0. The highest BCUT2D eigenvalue weighted by atomic mass is 79.9. The summed E-state index contributed by atoms with van der Waals surface area (Å²) in [5, 5.41) is 8.72. The monoisotopic (exact) mass is 355 g/mol. The molecule has 0 atom stereocenters. The summed E-state index contributed by atoms with van der Waals surface area (Å²) in [6, 6.07) is 6.65. The van der Waals surface area contributed by atoms with Gasteiger partial charge in [-0.2, -0.15) is 5.10 Å². The van der Waals surface area contributed by atoms with Crippen molar-refractivity contribution in [3.63, 3.8) is 0 Å². The van der Waals surface area contributed by atoms with Crippen LogP contribution >= 0.6 is 27.5 Å². The number of aryl methyl sites for hydroxylation is 1. The number of nitrogens with zero attached hydrogens (tertiary/aromatic N) is 2. The van der Waals surface area contributed by atoms with Crippen LogP contribution in [0.3, 0.4) is 0 Å². The van der Waals surface area contributed by atoms with Gasteiger partial charge in [0.2, 0.25) is 0 Å². The van der Waals surface area contributed by atoms with Crippen molar-refractivity contribution in [2.24, 2.45) is 0 Å². The number of aromatic nitrogens is 2. The summed E-state index contributed by atoms with van der Waals surface area (Å²) < 4.78 is 2.98. The number of nitrogens with one attached hydrogen (secondary N) is 1. The van der Waals surface area contributed by atoms with Crippen molar-refractivity contribution in [2.75, 3.05) is 0 Å². The predicted octanol–water partition coefficient (Wildman–Crippen LogP) is 4.40. The van der Waals surface area contributed by atoms with E-state index >= 15 is 0 Å². The second kappa shape index (κ2) is 6.29. The van der Waals surface area contributed by atoms with E-state index in [0.29, 0.717) is 6.04 Å². The van der Waals surface area contributed by atoms with Crippen LogP contribution < -0.4 is 5.32 Å². The van der Waals surface area contributed by atoms with Gasteiger partial charge in [-0.25, -0.2) is 4.68 Å². The molecule has 1 heterocycles. The van der Waals surface area contributed by atoms with E-state index in [1.54, 1.807) is 0 Å². The maximum atomic E-state index is 6.25. The average Bonchev–Trinajstić information content (AvgIpc) is 2.64. The first-order valence-electron chi connectivity index (χ1n) is 6.64. The molecule has 0 aliphatic heterocycles. The maximum Gasteiger partial charge on any atom is 0.0848 e. The first-order valence-corrected chi connectivity index (χ1v) is 7.81. The number of hydrogen-bond acceptors (Lipinski definition) is 2. The summed E-state index contributed by atoms with van der Waals surface area (Å²) in [4.78, 5) is 0. The van der Waals surface area contributed by atoms with Crippen LogP contribution in [0.15, 0.2) is 22.7 Å². The quantitative estimate of drug-likeness (QED) is 0.879. The molecule has 0 saturated carbocycles. The van der Waals surface area contributed by atoms with Gasteiger partial charge in [-0.3, -0.25) is 0 Å². The Morgan fingerprint density at radius 3 is 2.60 bits per heavy atom. The molecule has 2 rings (SSSR count). The molecule has 2 aromatic rings. The number of benzene rings is 1. The van der Waals surface area contributed by atoms with Crippen LogP contribution in [0.5, 0.6) is 0 Å². The Morgan fingerprint density at radius 1 is 1.35 bits per heavy atom. The van der Waals surface area contributed by atoms with E-state index in [0.717, 1.165) is 33.1 Å². The van der Waals surface area contributed by atoms with Crippen LogP contribution in [0.1, 0.15) is 30.8 Å². The second-order valence-electron chi connectivity index (χ2n) is 5.21. The molecular formula is C15H19BrClN3. The minimum Gasteiger partial charge on any atom is -0.310 e. The lowest BCUT2D eigenvalue weighted by Crippen LogP contribution is -2.23. The molecule has 0 bridgehead atoms. The lowest BCUT2D eigenvalue weighted by atomic mass is 10.1. The van der Waals surface area contributed by atoms with Gasteiger partial charge in [-0.1, -0.05) is 41.4 Å². The van der Waals surface area contributed by atoms with Crippen molar-refractivity contribution in [1.29, 1.82) is 0 Å². The van der Waals surface area contributed by atoms with Crippen molar-refractivity contribution in [3.8, 4) is 5.69 Å². The smallest absolute Gasteiger partial charge is 0.0848 e. The third-order valence-corrected chi connectivity index (χ3v) is 4.21. The molecular weight excluding hydrogens is 338 g/mol. The van der Waals surface area contributed by atoms with Crippen molar-refractivity contribution in [2.45, 2.75) is 40.3 Å². The minimum atomic E-state index is 0.436. The van der Waals surface area contributed by atoms with Crippen molar-refractivity contribution < 1.29 is 0 Å². The zero-order valence-corrected chi connectivity index (χ0v) is 14.5. The van der Waals surface area contributed by atoms with Crippen LogP contribution in [0.25, 0.3) is 5.69 Å². The van der Waals surface area contributed by atoms with E-state index in [2.05, 4.69) is 52.3 Å². The highest BCUT2D eigenvalue weighted by molar-refractivity contribution is 9.10. The Balaban J connectivity index is 2.47. The van der Waals surface area contributed by atoms with Gasteiger partial charge in [0, 0.05) is 17.1 Å². The average molecular weight is 357 g/mol. The second-order valence-corrected chi connectivity index (χ2v) is 6.50. The van der Waals surface area contributed by atoms with Crippen LogP contribution in [0.4, 0.5) is 0 Å². The molecule has 1 aromatic heterocycles. The Kier molecular flexibility index (Phi) is 4.89. The largest absolute Gasteiger partial charge is 0.310 e. The number of hydrogen-bond donors (Lipinski definition) is 1. The third kappa shape index (κ3) is 3.25. The van der Waals surface area contributed by atoms with Crippen molar-refractivity contribution in [1.82, 2.24) is 15.1 Å². The van der Waals surface area contributed by atoms with E-state index in [1.807, 2.05) is 24.6 Å². The first-order chi connectivity index (χ1) is 9.40. The number of rotatable bonds is 4. The molecule has 0 unspecified atom stereocenters. The fraction of sp³-hybridized carbons (Fsp3) is 0.400. The summed E-state index contributed by atoms with van der Waals surface area (Å²) in [5.41, 5.74) is 4.08. The molecule has 0 aliphatic carbocycles. The summed E-state index contributed by atoms with van der Waals surface area (Å²) in [5.74, 6) is 0. The highest BCUT2D eigenvalue weighted by Crippen LogP contribution is 2.26. The molecule has 0 aliphatic rings. The fourth-order valence-electron chi connectivity index (χ4n) is 2.07. The lowest BCUT2D eigenvalue weighted by molar-refractivity contribution is 0.586. The van der Waals surface area contributed by atoms with Gasteiger partial charge >= 0.3 is 0 Å². The zero-order chi connectivity index (χ0) is 14.9. The van der Waals surface area contributed by atoms with E-state index in [1.165, 1.54) is 5.56 Å². The van der Waals surface area contributed by atoms with Gasteiger partial charge in [-0.15, -0.1) is 0 Å². The topological polar surface area (TPSA) is 29.9 Å². The molecule has 108 valence electrons. The third-order valence-electron chi connectivity index (χ3n) is 3.17. The zero-order valence-electron chi connectivity index (χ0n) is 12.2. The Labute approximate surface area is 133 Å². The Bertz CT molecular complexity index is 620. The van der Waals surface area contributed by atoms with Gasteiger partial charge in [0.25, 0.3) is 0 Å². The van der Waals surface area contributed by atoms with Gasteiger partial charge in [-0.05, 0) is 37.6 Å². The van der Waals surface area contributed by atoms with E-state index in [-0.39, 0.29) is 0 Å². The fourth-order valence-corrected chi connectivity index (χ4v) is 2.60. The van der Waals surface area contributed by atoms with Gasteiger partial charge in [0.1, 0.15) is 0 Å². The van der Waals surface area contributed by atoms with Crippen molar-refractivity contribution >= 4 is 27.5 Å². The number of halogens is 2. The van der Waals surface area contributed by atoms with E-state index in [4.69, 9.17) is 11.6 Å². The first kappa shape index (κ1) is 15.5. The molecule has 0 spiro atoms. The van der Waals surface area contributed by atoms with Crippen LogP contribution in [-0.4, -0.2) is 15.8 Å². The highest BCUT2D eigenvalue weighted by Gasteiger charge is 2.14. The van der Waals surface area contributed by atoms with Crippen LogP contribution in [0.2, 0.25) is 5.02 Å². The summed E-state index contributed by atoms with van der Waals surface area (Å²) in [6.45, 7) is 8.98. The van der Waals surface area contributed by atoms with E-state index in [9.17, 15) is 0 Å². The summed E-state index contributed by atoms with van der Waals surface area (Å²) in [7, 11) is 0. The Hall–Kier alpha value is -0.840. The van der Waals surface area contributed by atoms with Crippen molar-refractivity contribution in [3.05, 3.63) is 44.6 Å². The molecule has 20 heavy (non-hydrogen) atoms. The molecule has 0 amide bonds. The van der Waals surface area contributed by atoms with Gasteiger partial charge in [0.15, 0.2) is 0 Å². The molecule has 5 heteroatoms.